The largest absolute Gasteiger partial charge is 0.355 e. The fourth-order valence-electron chi connectivity index (χ4n) is 0.622. The number of ketones is 1. The Hall–Kier alpha value is -1.12. The number of rotatable bonds is 2. The van der Waals surface area contributed by atoms with Gasteiger partial charge in [0.2, 0.25) is 5.91 Å². The lowest BCUT2D eigenvalue weighted by molar-refractivity contribution is -0.118. The zero-order valence-corrected chi connectivity index (χ0v) is 7.32. The molecule has 0 rings (SSSR count). The van der Waals surface area contributed by atoms with Gasteiger partial charge in [0, 0.05) is 18.2 Å². The lowest BCUT2D eigenvalue weighted by atomic mass is 10.1. The van der Waals surface area contributed by atoms with Gasteiger partial charge in [0.15, 0.2) is 5.78 Å². The summed E-state index contributed by atoms with van der Waals surface area (Å²) in [5.74, 6) is -0.260. The molecule has 1 amide bonds. The Morgan fingerprint density at radius 1 is 1.00 bits per heavy atom. The molecular formula is C8H13NO2. The maximum absolute atomic E-state index is 10.9. The third-order valence-corrected chi connectivity index (χ3v) is 1.66. The lowest BCUT2D eigenvalue weighted by Gasteiger charge is -2.01. The molecule has 3 heteroatoms. The Balaban J connectivity index is 4.66. The highest BCUT2D eigenvalue weighted by atomic mass is 16.2. The second-order valence-corrected chi connectivity index (χ2v) is 2.39. The van der Waals surface area contributed by atoms with Gasteiger partial charge in [0.25, 0.3) is 0 Å². The van der Waals surface area contributed by atoms with Gasteiger partial charge in [-0.2, -0.15) is 0 Å². The Kier molecular flexibility index (Phi) is 3.51. The van der Waals surface area contributed by atoms with Crippen LogP contribution < -0.4 is 5.32 Å². The van der Waals surface area contributed by atoms with E-state index < -0.39 is 0 Å². The molecule has 0 spiro atoms. The van der Waals surface area contributed by atoms with E-state index in [0.29, 0.717) is 11.1 Å². The van der Waals surface area contributed by atoms with Crippen molar-refractivity contribution in [3.63, 3.8) is 0 Å². The van der Waals surface area contributed by atoms with Gasteiger partial charge >= 0.3 is 0 Å². The molecule has 0 saturated carbocycles. The molecule has 0 atom stereocenters. The molecular weight excluding hydrogens is 142 g/mol. The van der Waals surface area contributed by atoms with Gasteiger partial charge in [-0.25, -0.2) is 0 Å². The summed E-state index contributed by atoms with van der Waals surface area (Å²) in [5, 5.41) is 2.45. The molecule has 0 radical (unpaired) electrons. The highest BCUT2D eigenvalue weighted by Crippen LogP contribution is 2.03. The van der Waals surface area contributed by atoms with Gasteiger partial charge in [-0.15, -0.1) is 0 Å². The molecule has 0 bridgehead atoms. The number of nitrogens with one attached hydrogen (secondary N) is 1. The Morgan fingerprint density at radius 2 is 1.45 bits per heavy atom. The molecule has 0 fully saturated rings. The minimum atomic E-state index is -0.197. The third-order valence-electron chi connectivity index (χ3n) is 1.66. The van der Waals surface area contributed by atoms with Crippen LogP contribution in [0.1, 0.15) is 20.8 Å². The van der Waals surface area contributed by atoms with Crippen molar-refractivity contribution in [1.29, 1.82) is 0 Å². The van der Waals surface area contributed by atoms with Crippen molar-refractivity contribution in [3.8, 4) is 0 Å². The highest BCUT2D eigenvalue weighted by Gasteiger charge is 2.07. The second kappa shape index (κ2) is 3.91. The molecule has 0 heterocycles. The first-order chi connectivity index (χ1) is 5.00. The fourth-order valence-corrected chi connectivity index (χ4v) is 0.622. The molecule has 1 N–H and O–H groups in total. The van der Waals surface area contributed by atoms with E-state index in [-0.39, 0.29) is 11.7 Å². The molecule has 0 aliphatic rings. The first kappa shape index (κ1) is 9.88. The first-order valence-electron chi connectivity index (χ1n) is 3.41. The lowest BCUT2D eigenvalue weighted by Crippen LogP contribution is -2.20. The summed E-state index contributed by atoms with van der Waals surface area (Å²) in [7, 11) is 1.54. The van der Waals surface area contributed by atoms with Crippen LogP contribution in [0.5, 0.6) is 0 Å². The van der Waals surface area contributed by atoms with Gasteiger partial charge in [0.05, 0.1) is 0 Å². The zero-order valence-electron chi connectivity index (χ0n) is 7.32. The average molecular weight is 155 g/mol. The number of allylic oxidation sites excluding steroid dienone is 1. The van der Waals surface area contributed by atoms with Crippen molar-refractivity contribution < 1.29 is 9.59 Å². The van der Waals surface area contributed by atoms with Crippen molar-refractivity contribution in [2.45, 2.75) is 20.8 Å². The molecule has 0 aliphatic heterocycles. The van der Waals surface area contributed by atoms with Crippen molar-refractivity contribution >= 4 is 11.7 Å². The van der Waals surface area contributed by atoms with E-state index in [2.05, 4.69) is 5.32 Å². The predicted molar refractivity (Wildman–Crippen MR) is 43.1 cm³/mol. The van der Waals surface area contributed by atoms with Crippen molar-refractivity contribution in [2.75, 3.05) is 7.05 Å². The number of hydrogen-bond acceptors (Lipinski definition) is 2. The van der Waals surface area contributed by atoms with Crippen molar-refractivity contribution in [2.24, 2.45) is 0 Å². The minimum Gasteiger partial charge on any atom is -0.355 e. The van der Waals surface area contributed by atoms with Gasteiger partial charge in [-0.3, -0.25) is 9.59 Å². The molecule has 0 aromatic carbocycles. The normalized spacial score (nSPS) is 12.0. The molecule has 0 aromatic heterocycles. The Labute approximate surface area is 66.5 Å². The monoisotopic (exact) mass is 155 g/mol. The molecule has 0 unspecified atom stereocenters. The van der Waals surface area contributed by atoms with E-state index in [1.165, 1.54) is 6.92 Å². The Morgan fingerprint density at radius 3 is 1.73 bits per heavy atom. The van der Waals surface area contributed by atoms with E-state index in [0.717, 1.165) is 0 Å². The fraction of sp³-hybridized carbons (Fsp3) is 0.500. The highest BCUT2D eigenvalue weighted by molar-refractivity contribution is 6.03. The van der Waals surface area contributed by atoms with Gasteiger partial charge in [-0.05, 0) is 20.8 Å². The van der Waals surface area contributed by atoms with Crippen LogP contribution in [-0.2, 0) is 9.59 Å². The van der Waals surface area contributed by atoms with Crippen molar-refractivity contribution in [3.05, 3.63) is 11.1 Å². The molecule has 11 heavy (non-hydrogen) atoms. The van der Waals surface area contributed by atoms with E-state index in [4.69, 9.17) is 0 Å². The third kappa shape index (κ3) is 2.53. The van der Waals surface area contributed by atoms with Gasteiger partial charge < -0.3 is 5.32 Å². The number of carbonyl (C=O) groups excluding carboxylic acids is 2. The molecule has 0 aliphatic carbocycles. The number of likely N-dealkylation sites (N-methyl/N-ethyl adjacent to an activating group) is 1. The first-order valence-corrected chi connectivity index (χ1v) is 3.41. The van der Waals surface area contributed by atoms with Crippen molar-refractivity contribution in [1.82, 2.24) is 5.32 Å². The predicted octanol–water partition coefficient (Wildman–Crippen LogP) is 0.658. The SMILES string of the molecule is CNC(=O)/C(C)=C(/C)C(C)=O. The summed E-state index contributed by atoms with van der Waals surface area (Å²) in [4.78, 5) is 21.7. The van der Waals surface area contributed by atoms with Crippen LogP contribution in [0.2, 0.25) is 0 Å². The number of hydrogen-bond donors (Lipinski definition) is 1. The van der Waals surface area contributed by atoms with E-state index in [1.807, 2.05) is 0 Å². The van der Waals surface area contributed by atoms with Crippen LogP contribution >= 0.6 is 0 Å². The smallest absolute Gasteiger partial charge is 0.247 e. The van der Waals surface area contributed by atoms with Gasteiger partial charge in [-0.1, -0.05) is 0 Å². The summed E-state index contributed by atoms with van der Waals surface area (Å²) >= 11 is 0. The van der Waals surface area contributed by atoms with Crippen LogP contribution in [0, 0.1) is 0 Å². The van der Waals surface area contributed by atoms with Gasteiger partial charge in [0.1, 0.15) is 0 Å². The quantitative estimate of drug-likeness (QED) is 0.595. The minimum absolute atomic E-state index is 0.0638. The van der Waals surface area contributed by atoms with E-state index in [9.17, 15) is 9.59 Å². The van der Waals surface area contributed by atoms with E-state index in [1.54, 1.807) is 20.9 Å². The Bertz CT molecular complexity index is 216. The summed E-state index contributed by atoms with van der Waals surface area (Å²) in [5.41, 5.74) is 1.00. The number of Topliss-reactive ketones (excluding diaryl/α,β-unsaturated/α-hetero) is 1. The zero-order chi connectivity index (χ0) is 9.02. The maximum Gasteiger partial charge on any atom is 0.247 e. The number of carbonyl (C=O) groups is 2. The van der Waals surface area contributed by atoms with Crippen LogP contribution in [0.15, 0.2) is 11.1 Å². The average Bonchev–Trinajstić information content (AvgIpc) is 2.00. The summed E-state index contributed by atoms with van der Waals surface area (Å²) in [6.45, 7) is 4.73. The second-order valence-electron chi connectivity index (χ2n) is 2.39. The molecule has 3 nitrogen and oxygen atoms in total. The summed E-state index contributed by atoms with van der Waals surface area (Å²) < 4.78 is 0. The standard InChI is InChI=1S/C8H13NO2/c1-5(7(3)10)6(2)8(11)9-4/h1-4H3,(H,9,11)/b6-5-. The van der Waals surface area contributed by atoms with Crippen LogP contribution in [0.3, 0.4) is 0 Å². The van der Waals surface area contributed by atoms with Crippen LogP contribution in [0.4, 0.5) is 0 Å². The molecule has 0 saturated heterocycles. The van der Waals surface area contributed by atoms with Crippen LogP contribution in [-0.4, -0.2) is 18.7 Å². The maximum atomic E-state index is 10.9. The molecule has 0 aromatic rings. The number of amides is 1. The summed E-state index contributed by atoms with van der Waals surface area (Å²) in [6.07, 6.45) is 0. The van der Waals surface area contributed by atoms with Crippen LogP contribution in [0.25, 0.3) is 0 Å². The summed E-state index contributed by atoms with van der Waals surface area (Å²) in [6, 6.07) is 0. The van der Waals surface area contributed by atoms with E-state index >= 15 is 0 Å². The topological polar surface area (TPSA) is 46.2 Å². The molecule has 62 valence electrons.